The van der Waals surface area contributed by atoms with E-state index >= 15 is 0 Å². The van der Waals surface area contributed by atoms with Crippen LogP contribution in [0.2, 0.25) is 0 Å². The highest BCUT2D eigenvalue weighted by Gasteiger charge is 2.11. The smallest absolute Gasteiger partial charge is 0.298 e. The van der Waals surface area contributed by atoms with Crippen molar-refractivity contribution in [3.63, 3.8) is 0 Å². The molecular formula is C10H6N2O3S. The van der Waals surface area contributed by atoms with E-state index in [2.05, 4.69) is 4.98 Å². The van der Waals surface area contributed by atoms with Crippen LogP contribution in [0.1, 0.15) is 10.4 Å². The molecule has 0 amide bonds. The van der Waals surface area contributed by atoms with Gasteiger partial charge in [0.05, 0.1) is 15.5 Å². The van der Waals surface area contributed by atoms with Crippen molar-refractivity contribution in [1.82, 2.24) is 4.98 Å². The van der Waals surface area contributed by atoms with Gasteiger partial charge in [-0.3, -0.25) is 19.9 Å². The molecule has 80 valence electrons. The van der Waals surface area contributed by atoms with Crippen molar-refractivity contribution < 1.29 is 9.72 Å². The predicted octanol–water partition coefficient (Wildman–Crippen LogP) is 2.53. The maximum atomic E-state index is 10.5. The van der Waals surface area contributed by atoms with Gasteiger partial charge in [-0.15, -0.1) is 0 Å². The van der Waals surface area contributed by atoms with Crippen LogP contribution in [0.3, 0.4) is 0 Å². The molecule has 2 aromatic rings. The number of nitrogens with zero attached hydrogens (tertiary/aromatic N) is 2. The Labute approximate surface area is 94.5 Å². The van der Waals surface area contributed by atoms with Gasteiger partial charge in [-0.2, -0.15) is 0 Å². The molecule has 2 heterocycles. The van der Waals surface area contributed by atoms with Crippen molar-refractivity contribution in [1.29, 1.82) is 0 Å². The molecule has 5 nitrogen and oxygen atoms in total. The maximum absolute atomic E-state index is 10.5. The number of aromatic nitrogens is 1. The zero-order valence-corrected chi connectivity index (χ0v) is 8.81. The molecule has 0 aliphatic carbocycles. The summed E-state index contributed by atoms with van der Waals surface area (Å²) in [5, 5.41) is 10.6. The van der Waals surface area contributed by atoms with Gasteiger partial charge in [-0.25, -0.2) is 0 Å². The number of hydrogen-bond donors (Lipinski definition) is 0. The summed E-state index contributed by atoms with van der Waals surface area (Å²) in [5.41, 5.74) is 1.11. The molecule has 0 saturated carbocycles. The molecule has 0 aliphatic heterocycles. The Kier molecular flexibility index (Phi) is 2.74. The fourth-order valence-corrected chi connectivity index (χ4v) is 1.98. The van der Waals surface area contributed by atoms with Crippen molar-refractivity contribution in [2.75, 3.05) is 0 Å². The SMILES string of the molecule is O=Cc1ccc(-c2ccc([N+](=O)[O-])s2)nc1. The van der Waals surface area contributed by atoms with Crippen LogP contribution >= 0.6 is 11.3 Å². The van der Waals surface area contributed by atoms with E-state index < -0.39 is 4.92 Å². The molecule has 2 rings (SSSR count). The minimum atomic E-state index is -0.437. The van der Waals surface area contributed by atoms with E-state index in [-0.39, 0.29) is 5.00 Å². The highest BCUT2D eigenvalue weighted by atomic mass is 32.1. The maximum Gasteiger partial charge on any atom is 0.324 e. The molecule has 16 heavy (non-hydrogen) atoms. The first-order valence-corrected chi connectivity index (χ1v) is 5.18. The second-order valence-electron chi connectivity index (χ2n) is 2.99. The van der Waals surface area contributed by atoms with Crippen LogP contribution in [0.25, 0.3) is 10.6 Å². The molecule has 0 bridgehead atoms. The highest BCUT2D eigenvalue weighted by molar-refractivity contribution is 7.18. The Balaban J connectivity index is 2.35. The molecule has 0 unspecified atom stereocenters. The number of pyridine rings is 1. The van der Waals surface area contributed by atoms with Crippen molar-refractivity contribution in [2.45, 2.75) is 0 Å². The summed E-state index contributed by atoms with van der Waals surface area (Å²) in [6.45, 7) is 0. The molecule has 2 aromatic heterocycles. The summed E-state index contributed by atoms with van der Waals surface area (Å²) in [6, 6.07) is 6.38. The first-order valence-electron chi connectivity index (χ1n) is 4.36. The topological polar surface area (TPSA) is 73.1 Å². The number of thiophene rings is 1. The van der Waals surface area contributed by atoms with Crippen LogP contribution in [0.4, 0.5) is 5.00 Å². The van der Waals surface area contributed by atoms with E-state index in [1.807, 2.05) is 0 Å². The molecular weight excluding hydrogens is 228 g/mol. The van der Waals surface area contributed by atoms with Crippen molar-refractivity contribution in [3.8, 4) is 10.6 Å². The summed E-state index contributed by atoms with van der Waals surface area (Å²) < 4.78 is 0. The van der Waals surface area contributed by atoms with Gasteiger partial charge in [0.25, 0.3) is 0 Å². The fraction of sp³-hybridized carbons (Fsp3) is 0. The van der Waals surface area contributed by atoms with Gasteiger partial charge < -0.3 is 0 Å². The van der Waals surface area contributed by atoms with E-state index in [0.29, 0.717) is 22.4 Å². The molecule has 0 N–H and O–H groups in total. The molecule has 6 heteroatoms. The molecule has 0 radical (unpaired) electrons. The van der Waals surface area contributed by atoms with Gasteiger partial charge in [-0.05, 0) is 18.2 Å². The number of rotatable bonds is 3. The number of carbonyl (C=O) groups excluding carboxylic acids is 1. The largest absolute Gasteiger partial charge is 0.324 e. The monoisotopic (exact) mass is 234 g/mol. The third kappa shape index (κ3) is 1.96. The number of hydrogen-bond acceptors (Lipinski definition) is 5. The van der Waals surface area contributed by atoms with Gasteiger partial charge in [0.1, 0.15) is 0 Å². The average Bonchev–Trinajstić information content (AvgIpc) is 2.78. The summed E-state index contributed by atoms with van der Waals surface area (Å²) in [5.74, 6) is 0. The molecule has 0 saturated heterocycles. The minimum absolute atomic E-state index is 0.0799. The minimum Gasteiger partial charge on any atom is -0.298 e. The number of carbonyl (C=O) groups is 1. The molecule has 0 atom stereocenters. The van der Waals surface area contributed by atoms with E-state index in [4.69, 9.17) is 0 Å². The Morgan fingerprint density at radius 3 is 2.62 bits per heavy atom. The van der Waals surface area contributed by atoms with Crippen LogP contribution in [-0.2, 0) is 0 Å². The summed E-state index contributed by atoms with van der Waals surface area (Å²) >= 11 is 1.06. The number of nitro groups is 1. The van der Waals surface area contributed by atoms with Gasteiger partial charge in [0, 0.05) is 17.8 Å². The van der Waals surface area contributed by atoms with E-state index in [1.165, 1.54) is 12.3 Å². The van der Waals surface area contributed by atoms with E-state index in [9.17, 15) is 14.9 Å². The lowest BCUT2D eigenvalue weighted by atomic mass is 10.2. The van der Waals surface area contributed by atoms with Crippen molar-refractivity contribution >= 4 is 22.6 Å². The fourth-order valence-electron chi connectivity index (χ4n) is 1.18. The lowest BCUT2D eigenvalue weighted by Gasteiger charge is -1.95. The lowest BCUT2D eigenvalue weighted by molar-refractivity contribution is -0.380. The van der Waals surface area contributed by atoms with Gasteiger partial charge in [0.15, 0.2) is 6.29 Å². The third-order valence-electron chi connectivity index (χ3n) is 1.95. The standard InChI is InChI=1S/C10H6N2O3S/c13-6-7-1-2-8(11-5-7)9-3-4-10(16-9)12(14)15/h1-6H. The Bertz CT molecular complexity index is 533. The Morgan fingerprint density at radius 2 is 2.12 bits per heavy atom. The summed E-state index contributed by atoms with van der Waals surface area (Å²) in [4.78, 5) is 25.2. The van der Waals surface area contributed by atoms with Crippen molar-refractivity contribution in [3.05, 3.63) is 46.1 Å². The summed E-state index contributed by atoms with van der Waals surface area (Å²) in [7, 11) is 0. The van der Waals surface area contributed by atoms with E-state index in [0.717, 1.165) is 11.3 Å². The molecule has 0 spiro atoms. The van der Waals surface area contributed by atoms with Gasteiger partial charge in [-0.1, -0.05) is 11.3 Å². The average molecular weight is 234 g/mol. The highest BCUT2D eigenvalue weighted by Crippen LogP contribution is 2.31. The predicted molar refractivity (Wildman–Crippen MR) is 59.6 cm³/mol. The molecule has 0 fully saturated rings. The van der Waals surface area contributed by atoms with Crippen LogP contribution in [-0.4, -0.2) is 16.2 Å². The lowest BCUT2D eigenvalue weighted by Crippen LogP contribution is -1.84. The number of aldehydes is 1. The van der Waals surface area contributed by atoms with Crippen molar-refractivity contribution in [2.24, 2.45) is 0 Å². The molecule has 0 aromatic carbocycles. The van der Waals surface area contributed by atoms with E-state index in [1.54, 1.807) is 18.2 Å². The quantitative estimate of drug-likeness (QED) is 0.464. The van der Waals surface area contributed by atoms with Gasteiger partial charge in [0.2, 0.25) is 0 Å². The Morgan fingerprint density at radius 1 is 1.31 bits per heavy atom. The summed E-state index contributed by atoms with van der Waals surface area (Å²) in [6.07, 6.45) is 2.14. The Hall–Kier alpha value is -2.08. The second-order valence-corrected chi connectivity index (χ2v) is 4.05. The first kappa shape index (κ1) is 10.4. The van der Waals surface area contributed by atoms with Crippen LogP contribution in [0, 0.1) is 10.1 Å². The normalized spacial score (nSPS) is 10.0. The zero-order valence-electron chi connectivity index (χ0n) is 7.99. The first-order chi connectivity index (χ1) is 7.70. The third-order valence-corrected chi connectivity index (χ3v) is 3.01. The zero-order chi connectivity index (χ0) is 11.5. The van der Waals surface area contributed by atoms with Crippen LogP contribution < -0.4 is 0 Å². The van der Waals surface area contributed by atoms with Gasteiger partial charge >= 0.3 is 5.00 Å². The van der Waals surface area contributed by atoms with Crippen LogP contribution in [0.5, 0.6) is 0 Å². The molecule has 0 aliphatic rings. The second kappa shape index (κ2) is 4.19. The van der Waals surface area contributed by atoms with Crippen LogP contribution in [0.15, 0.2) is 30.5 Å².